The van der Waals surface area contributed by atoms with E-state index in [0.29, 0.717) is 19.3 Å². The number of amides is 3. The Labute approximate surface area is 277 Å². The lowest BCUT2D eigenvalue weighted by atomic mass is 9.95. The van der Waals surface area contributed by atoms with Crippen LogP contribution in [0, 0.1) is 5.92 Å². The first-order valence-electron chi connectivity index (χ1n) is 16.4. The predicted molar refractivity (Wildman–Crippen MR) is 179 cm³/mol. The van der Waals surface area contributed by atoms with Crippen LogP contribution >= 0.6 is 0 Å². The molecule has 0 radical (unpaired) electrons. The van der Waals surface area contributed by atoms with Gasteiger partial charge in [-0.2, -0.15) is 0 Å². The molecule has 2 aromatic rings. The van der Waals surface area contributed by atoms with E-state index in [9.17, 15) is 24.3 Å². The second-order valence-electron chi connectivity index (χ2n) is 12.5. The topological polar surface area (TPSA) is 143 Å². The van der Waals surface area contributed by atoms with Gasteiger partial charge in [-0.15, -0.1) is 13.2 Å². The van der Waals surface area contributed by atoms with E-state index >= 15 is 0 Å². The molecule has 2 aliphatic rings. The summed E-state index contributed by atoms with van der Waals surface area (Å²) in [7, 11) is 0. The maximum absolute atomic E-state index is 13.1. The summed E-state index contributed by atoms with van der Waals surface area (Å²) in [5.41, 5.74) is 3.77. The summed E-state index contributed by atoms with van der Waals surface area (Å²) in [6.45, 7) is 9.04. The number of benzene rings is 2. The van der Waals surface area contributed by atoms with Gasteiger partial charge in [-0.05, 0) is 61.3 Å². The normalized spacial score (nSPS) is 16.5. The molecule has 252 valence electrons. The van der Waals surface area contributed by atoms with Crippen molar-refractivity contribution in [2.24, 2.45) is 5.92 Å². The summed E-state index contributed by atoms with van der Waals surface area (Å²) in [6, 6.07) is 15.1. The number of nitrogens with one attached hydrogen (secondary N) is 3. The summed E-state index contributed by atoms with van der Waals surface area (Å²) in [5, 5.41) is 18.2. The number of allylic oxidation sites excluding steroid dienone is 2. The van der Waals surface area contributed by atoms with Gasteiger partial charge in [-0.25, -0.2) is 9.59 Å². The van der Waals surface area contributed by atoms with E-state index in [1.165, 1.54) is 0 Å². The summed E-state index contributed by atoms with van der Waals surface area (Å²) >= 11 is 0. The minimum Gasteiger partial charge on any atom is -0.459 e. The standard InChI is InChI=1S/C37H47N3O7/c1-4-6-18-32(39-36(45)46-23-31-29-16-9-7-14-27(29)28-15-8-10-17-30(28)31)35(44)47-25(3)22-38-34(43)26(13-5-2)21-33(42)40-37(24-41)19-11-12-20-37/h4-5,7-10,14-17,25-26,31-32,41H,1-2,6,11-13,18-24H2,3H3,(H,38,43)(H,39,45)(H,40,42)/t25-,26-,32-/m0/s1. The van der Waals surface area contributed by atoms with E-state index in [-0.39, 0.29) is 56.8 Å². The summed E-state index contributed by atoms with van der Waals surface area (Å²) in [4.78, 5) is 51.7. The largest absolute Gasteiger partial charge is 0.459 e. The Morgan fingerprint density at radius 3 is 2.23 bits per heavy atom. The van der Waals surface area contributed by atoms with Crippen LogP contribution in [0.1, 0.15) is 75.3 Å². The van der Waals surface area contributed by atoms with Crippen molar-refractivity contribution in [1.29, 1.82) is 0 Å². The summed E-state index contributed by atoms with van der Waals surface area (Å²) < 4.78 is 11.2. The monoisotopic (exact) mass is 645 g/mol. The third kappa shape index (κ3) is 9.32. The highest BCUT2D eigenvalue weighted by molar-refractivity contribution is 5.86. The fourth-order valence-corrected chi connectivity index (χ4v) is 6.46. The number of ether oxygens (including phenoxy) is 2. The average molecular weight is 646 g/mol. The molecule has 2 aromatic carbocycles. The van der Waals surface area contributed by atoms with E-state index in [0.717, 1.165) is 35.1 Å². The van der Waals surface area contributed by atoms with Crippen LogP contribution in [-0.2, 0) is 23.9 Å². The highest BCUT2D eigenvalue weighted by Gasteiger charge is 2.36. The van der Waals surface area contributed by atoms with Crippen LogP contribution in [0.25, 0.3) is 11.1 Å². The molecule has 0 saturated heterocycles. The lowest BCUT2D eigenvalue weighted by molar-refractivity contribution is -0.151. The fraction of sp³-hybridized carbons (Fsp3) is 0.459. The molecule has 0 heterocycles. The van der Waals surface area contributed by atoms with Gasteiger partial charge in [0.05, 0.1) is 24.6 Å². The van der Waals surface area contributed by atoms with Crippen molar-refractivity contribution in [2.75, 3.05) is 19.8 Å². The van der Waals surface area contributed by atoms with Crippen LogP contribution in [0.15, 0.2) is 73.8 Å². The van der Waals surface area contributed by atoms with Gasteiger partial charge in [0.1, 0.15) is 18.8 Å². The SMILES string of the molecule is C=CCC[C@H](NC(=O)OCC1c2ccccc2-c2ccccc21)C(=O)O[C@@H](C)CNC(=O)[C@@H](CC=C)CC(=O)NC1(CO)CCCC1. The number of rotatable bonds is 17. The number of alkyl carbamates (subject to hydrolysis) is 1. The molecular formula is C37H47N3O7. The maximum atomic E-state index is 13.1. The first kappa shape index (κ1) is 35.4. The second-order valence-corrected chi connectivity index (χ2v) is 12.5. The quantitative estimate of drug-likeness (QED) is 0.141. The molecule has 10 heteroatoms. The first-order valence-corrected chi connectivity index (χ1v) is 16.4. The van der Waals surface area contributed by atoms with Gasteiger partial charge in [0.15, 0.2) is 0 Å². The van der Waals surface area contributed by atoms with Crippen molar-refractivity contribution in [1.82, 2.24) is 16.0 Å². The minimum absolute atomic E-state index is 0.0134. The molecular weight excluding hydrogens is 598 g/mol. The Bertz CT molecular complexity index is 1390. The number of carbonyl (C=O) groups is 4. The summed E-state index contributed by atoms with van der Waals surface area (Å²) in [6.07, 6.45) is 6.02. The zero-order chi connectivity index (χ0) is 33.8. The molecule has 4 N–H and O–H groups in total. The van der Waals surface area contributed by atoms with Crippen molar-refractivity contribution in [2.45, 2.75) is 81.9 Å². The molecule has 0 aliphatic heterocycles. The Balaban J connectivity index is 1.27. The van der Waals surface area contributed by atoms with Crippen LogP contribution in [0.3, 0.4) is 0 Å². The van der Waals surface area contributed by atoms with Crippen LogP contribution in [0.2, 0.25) is 0 Å². The lowest BCUT2D eigenvalue weighted by Crippen LogP contribution is -2.50. The van der Waals surface area contributed by atoms with Crippen molar-refractivity contribution >= 4 is 23.9 Å². The zero-order valence-corrected chi connectivity index (χ0v) is 27.2. The highest BCUT2D eigenvalue weighted by Crippen LogP contribution is 2.44. The van der Waals surface area contributed by atoms with Gasteiger partial charge < -0.3 is 30.5 Å². The van der Waals surface area contributed by atoms with Crippen molar-refractivity contribution < 1.29 is 33.8 Å². The molecule has 0 aromatic heterocycles. The molecule has 47 heavy (non-hydrogen) atoms. The van der Waals surface area contributed by atoms with E-state index in [4.69, 9.17) is 9.47 Å². The number of aliphatic hydroxyl groups is 1. The van der Waals surface area contributed by atoms with Gasteiger partial charge in [-0.3, -0.25) is 9.59 Å². The molecule has 1 fully saturated rings. The predicted octanol–water partition coefficient (Wildman–Crippen LogP) is 4.91. The molecule has 4 rings (SSSR count). The molecule has 1 saturated carbocycles. The summed E-state index contributed by atoms with van der Waals surface area (Å²) in [5.74, 6) is -2.11. The Morgan fingerprint density at radius 2 is 1.64 bits per heavy atom. The molecule has 0 unspecified atom stereocenters. The van der Waals surface area contributed by atoms with Crippen LogP contribution in [0.5, 0.6) is 0 Å². The first-order chi connectivity index (χ1) is 22.7. The minimum atomic E-state index is -0.978. The van der Waals surface area contributed by atoms with Gasteiger partial charge >= 0.3 is 12.1 Å². The smallest absolute Gasteiger partial charge is 0.407 e. The molecule has 3 amide bonds. The molecule has 2 aliphatic carbocycles. The number of fused-ring (bicyclic) bond motifs is 3. The molecule has 3 atom stereocenters. The molecule has 0 spiro atoms. The molecule has 0 bridgehead atoms. The number of hydrogen-bond acceptors (Lipinski definition) is 7. The Hall–Kier alpha value is -4.44. The Morgan fingerprint density at radius 1 is 1.00 bits per heavy atom. The van der Waals surface area contributed by atoms with E-state index < -0.39 is 35.7 Å². The third-order valence-electron chi connectivity index (χ3n) is 8.98. The Kier molecular flexibility index (Phi) is 12.8. The van der Waals surface area contributed by atoms with Gasteiger partial charge in [-0.1, -0.05) is 73.5 Å². The zero-order valence-electron chi connectivity index (χ0n) is 27.2. The number of aliphatic hydroxyl groups excluding tert-OH is 1. The second kappa shape index (κ2) is 16.9. The lowest BCUT2D eigenvalue weighted by Gasteiger charge is -2.29. The number of hydrogen-bond donors (Lipinski definition) is 4. The van der Waals surface area contributed by atoms with Crippen LogP contribution < -0.4 is 16.0 Å². The van der Waals surface area contributed by atoms with Crippen LogP contribution in [0.4, 0.5) is 4.79 Å². The van der Waals surface area contributed by atoms with E-state index in [1.54, 1.807) is 19.1 Å². The number of esters is 1. The van der Waals surface area contributed by atoms with Gasteiger partial charge in [0, 0.05) is 12.3 Å². The van der Waals surface area contributed by atoms with E-state index in [2.05, 4.69) is 41.2 Å². The van der Waals surface area contributed by atoms with Crippen LogP contribution in [-0.4, -0.2) is 66.4 Å². The number of carbonyl (C=O) groups excluding carboxylic acids is 4. The third-order valence-corrected chi connectivity index (χ3v) is 8.98. The van der Waals surface area contributed by atoms with Crippen molar-refractivity contribution in [3.05, 3.63) is 85.0 Å². The van der Waals surface area contributed by atoms with Gasteiger partial charge in [0.25, 0.3) is 0 Å². The van der Waals surface area contributed by atoms with Crippen molar-refractivity contribution in [3.8, 4) is 11.1 Å². The fourth-order valence-electron chi connectivity index (χ4n) is 6.46. The van der Waals surface area contributed by atoms with Gasteiger partial charge in [0.2, 0.25) is 11.8 Å². The van der Waals surface area contributed by atoms with E-state index in [1.807, 2.05) is 36.4 Å². The highest BCUT2D eigenvalue weighted by atomic mass is 16.6. The maximum Gasteiger partial charge on any atom is 0.407 e. The van der Waals surface area contributed by atoms with Crippen molar-refractivity contribution in [3.63, 3.8) is 0 Å². The average Bonchev–Trinajstić information content (AvgIpc) is 3.67. The molecule has 10 nitrogen and oxygen atoms in total.